The van der Waals surface area contributed by atoms with Crippen LogP contribution in [-0.4, -0.2) is 17.9 Å². The van der Waals surface area contributed by atoms with E-state index in [1.165, 1.54) is 0 Å². The molecule has 0 spiro atoms. The SMILES string of the molecule is CN(Cc1cccc(Cl)c1)C(=O)Cc1ccccc1N. The number of anilines is 1. The van der Waals surface area contributed by atoms with Crippen LogP contribution in [-0.2, 0) is 17.8 Å². The van der Waals surface area contributed by atoms with Gasteiger partial charge in [0.2, 0.25) is 5.91 Å². The molecule has 20 heavy (non-hydrogen) atoms. The maximum absolute atomic E-state index is 12.2. The highest BCUT2D eigenvalue weighted by molar-refractivity contribution is 6.30. The normalized spacial score (nSPS) is 10.3. The second-order valence-electron chi connectivity index (χ2n) is 4.76. The third-order valence-corrected chi connectivity index (χ3v) is 3.37. The largest absolute Gasteiger partial charge is 0.398 e. The van der Waals surface area contributed by atoms with Gasteiger partial charge in [0.15, 0.2) is 0 Å². The molecule has 0 bridgehead atoms. The van der Waals surface area contributed by atoms with Crippen LogP contribution in [0.1, 0.15) is 11.1 Å². The van der Waals surface area contributed by atoms with Crippen molar-refractivity contribution < 1.29 is 4.79 Å². The van der Waals surface area contributed by atoms with Gasteiger partial charge in [0.1, 0.15) is 0 Å². The van der Waals surface area contributed by atoms with Crippen molar-refractivity contribution in [3.63, 3.8) is 0 Å². The molecule has 2 aromatic rings. The van der Waals surface area contributed by atoms with Crippen molar-refractivity contribution in [2.24, 2.45) is 0 Å². The summed E-state index contributed by atoms with van der Waals surface area (Å²) in [6.07, 6.45) is 0.309. The fourth-order valence-corrected chi connectivity index (χ4v) is 2.20. The highest BCUT2D eigenvalue weighted by Gasteiger charge is 2.11. The number of carbonyl (C=O) groups is 1. The van der Waals surface area contributed by atoms with Gasteiger partial charge in [-0.25, -0.2) is 0 Å². The summed E-state index contributed by atoms with van der Waals surface area (Å²) in [5.74, 6) is 0.0304. The molecule has 2 rings (SSSR count). The first-order valence-electron chi connectivity index (χ1n) is 6.38. The minimum atomic E-state index is 0.0304. The van der Waals surface area contributed by atoms with Crippen LogP contribution in [0.2, 0.25) is 5.02 Å². The van der Waals surface area contributed by atoms with E-state index in [9.17, 15) is 4.79 Å². The topological polar surface area (TPSA) is 46.3 Å². The van der Waals surface area contributed by atoms with E-state index in [1.807, 2.05) is 42.5 Å². The minimum absolute atomic E-state index is 0.0304. The number of carbonyl (C=O) groups excluding carboxylic acids is 1. The van der Waals surface area contributed by atoms with E-state index in [2.05, 4.69) is 0 Å². The van der Waals surface area contributed by atoms with Gasteiger partial charge in [0.05, 0.1) is 6.42 Å². The summed E-state index contributed by atoms with van der Waals surface area (Å²) in [5, 5.41) is 0.677. The Morgan fingerprint density at radius 2 is 1.95 bits per heavy atom. The van der Waals surface area contributed by atoms with Crippen LogP contribution in [0.25, 0.3) is 0 Å². The van der Waals surface area contributed by atoms with Gasteiger partial charge in [-0.1, -0.05) is 41.9 Å². The molecule has 2 aromatic carbocycles. The number of halogens is 1. The Morgan fingerprint density at radius 1 is 1.20 bits per heavy atom. The van der Waals surface area contributed by atoms with E-state index in [0.29, 0.717) is 23.7 Å². The van der Waals surface area contributed by atoms with Crippen molar-refractivity contribution in [3.8, 4) is 0 Å². The lowest BCUT2D eigenvalue weighted by atomic mass is 10.1. The Morgan fingerprint density at radius 3 is 2.65 bits per heavy atom. The van der Waals surface area contributed by atoms with Crippen molar-refractivity contribution in [3.05, 3.63) is 64.7 Å². The summed E-state index contributed by atoms with van der Waals surface area (Å²) in [5.41, 5.74) is 8.37. The van der Waals surface area contributed by atoms with Crippen LogP contribution in [0.5, 0.6) is 0 Å². The Kier molecular flexibility index (Phi) is 4.64. The third kappa shape index (κ3) is 3.75. The maximum atomic E-state index is 12.2. The number of rotatable bonds is 4. The number of nitrogen functional groups attached to an aromatic ring is 1. The van der Waals surface area contributed by atoms with Gasteiger partial charge in [0, 0.05) is 24.3 Å². The number of nitrogens with zero attached hydrogens (tertiary/aromatic N) is 1. The Bertz CT molecular complexity index is 613. The number of para-hydroxylation sites is 1. The van der Waals surface area contributed by atoms with Crippen molar-refractivity contribution in [2.75, 3.05) is 12.8 Å². The van der Waals surface area contributed by atoms with Crippen molar-refractivity contribution in [1.29, 1.82) is 0 Å². The molecule has 0 fully saturated rings. The van der Waals surface area contributed by atoms with Gasteiger partial charge in [0.25, 0.3) is 0 Å². The van der Waals surface area contributed by atoms with E-state index < -0.39 is 0 Å². The molecule has 0 saturated carbocycles. The summed E-state index contributed by atoms with van der Waals surface area (Å²) in [6, 6.07) is 14.9. The van der Waals surface area contributed by atoms with Gasteiger partial charge in [-0.2, -0.15) is 0 Å². The van der Waals surface area contributed by atoms with Gasteiger partial charge < -0.3 is 10.6 Å². The molecule has 2 N–H and O–H groups in total. The molecular formula is C16H17ClN2O. The third-order valence-electron chi connectivity index (χ3n) is 3.13. The molecule has 1 amide bonds. The molecule has 0 saturated heterocycles. The van der Waals surface area contributed by atoms with Crippen molar-refractivity contribution in [2.45, 2.75) is 13.0 Å². The Hall–Kier alpha value is -2.00. The second-order valence-corrected chi connectivity index (χ2v) is 5.19. The number of hydrogen-bond acceptors (Lipinski definition) is 2. The quantitative estimate of drug-likeness (QED) is 0.879. The minimum Gasteiger partial charge on any atom is -0.398 e. The average molecular weight is 289 g/mol. The molecule has 0 radical (unpaired) electrons. The van der Waals surface area contributed by atoms with E-state index in [0.717, 1.165) is 11.1 Å². The average Bonchev–Trinajstić information content (AvgIpc) is 2.41. The number of hydrogen-bond donors (Lipinski definition) is 1. The Balaban J connectivity index is 2.01. The lowest BCUT2D eigenvalue weighted by molar-refractivity contribution is -0.129. The summed E-state index contributed by atoms with van der Waals surface area (Å²) in [6.45, 7) is 0.534. The predicted molar refractivity (Wildman–Crippen MR) is 82.5 cm³/mol. The first-order chi connectivity index (χ1) is 9.56. The van der Waals surface area contributed by atoms with E-state index in [1.54, 1.807) is 18.0 Å². The lowest BCUT2D eigenvalue weighted by Gasteiger charge is -2.18. The van der Waals surface area contributed by atoms with Crippen LogP contribution in [0.4, 0.5) is 5.69 Å². The van der Waals surface area contributed by atoms with Crippen LogP contribution >= 0.6 is 11.6 Å². The number of amides is 1. The smallest absolute Gasteiger partial charge is 0.227 e. The van der Waals surface area contributed by atoms with Crippen molar-refractivity contribution in [1.82, 2.24) is 4.90 Å². The van der Waals surface area contributed by atoms with Crippen LogP contribution in [0.3, 0.4) is 0 Å². The fraction of sp³-hybridized carbons (Fsp3) is 0.188. The van der Waals surface area contributed by atoms with E-state index in [4.69, 9.17) is 17.3 Å². The van der Waals surface area contributed by atoms with Gasteiger partial charge in [-0.3, -0.25) is 4.79 Å². The zero-order valence-corrected chi connectivity index (χ0v) is 12.1. The van der Waals surface area contributed by atoms with Gasteiger partial charge in [-0.05, 0) is 29.3 Å². The number of likely N-dealkylation sites (N-methyl/N-ethyl adjacent to an activating group) is 1. The number of nitrogens with two attached hydrogens (primary N) is 1. The first-order valence-corrected chi connectivity index (χ1v) is 6.76. The summed E-state index contributed by atoms with van der Waals surface area (Å²) < 4.78 is 0. The van der Waals surface area contributed by atoms with Gasteiger partial charge in [-0.15, -0.1) is 0 Å². The van der Waals surface area contributed by atoms with Crippen LogP contribution < -0.4 is 5.73 Å². The zero-order chi connectivity index (χ0) is 14.5. The predicted octanol–water partition coefficient (Wildman–Crippen LogP) is 3.12. The number of benzene rings is 2. The summed E-state index contributed by atoms with van der Waals surface area (Å²) in [7, 11) is 1.78. The van der Waals surface area contributed by atoms with Crippen LogP contribution in [0.15, 0.2) is 48.5 Å². The first kappa shape index (κ1) is 14.4. The molecule has 0 atom stereocenters. The second kappa shape index (κ2) is 6.44. The molecule has 0 heterocycles. The monoisotopic (exact) mass is 288 g/mol. The van der Waals surface area contributed by atoms with Gasteiger partial charge >= 0.3 is 0 Å². The summed E-state index contributed by atoms with van der Waals surface area (Å²) in [4.78, 5) is 13.9. The van der Waals surface area contributed by atoms with Crippen molar-refractivity contribution >= 4 is 23.2 Å². The fourth-order valence-electron chi connectivity index (χ4n) is 1.99. The Labute approximate surface area is 124 Å². The molecule has 0 aromatic heterocycles. The molecule has 4 heteroatoms. The molecule has 104 valence electrons. The van der Waals surface area contributed by atoms with E-state index in [-0.39, 0.29) is 5.91 Å². The highest BCUT2D eigenvalue weighted by Crippen LogP contribution is 2.15. The summed E-state index contributed by atoms with van der Waals surface area (Å²) >= 11 is 5.94. The zero-order valence-electron chi connectivity index (χ0n) is 11.3. The molecular weight excluding hydrogens is 272 g/mol. The highest BCUT2D eigenvalue weighted by atomic mass is 35.5. The maximum Gasteiger partial charge on any atom is 0.227 e. The van der Waals surface area contributed by atoms with Crippen LogP contribution in [0, 0.1) is 0 Å². The molecule has 0 aliphatic rings. The molecule has 3 nitrogen and oxygen atoms in total. The lowest BCUT2D eigenvalue weighted by Crippen LogP contribution is -2.27. The molecule has 0 unspecified atom stereocenters. The van der Waals surface area contributed by atoms with E-state index >= 15 is 0 Å². The standard InChI is InChI=1S/C16H17ClN2O/c1-19(11-12-5-4-7-14(17)9-12)16(20)10-13-6-2-3-8-15(13)18/h2-9H,10-11,18H2,1H3. The molecule has 0 aliphatic carbocycles. The molecule has 0 aliphatic heterocycles.